The van der Waals surface area contributed by atoms with Crippen molar-refractivity contribution in [2.75, 3.05) is 0 Å². The number of Topliss-reactive ketones (excluding diaryl/α,β-unsaturated/α-hetero) is 1. The number of ketones is 1. The number of halogens is 3. The van der Waals surface area contributed by atoms with Crippen molar-refractivity contribution < 1.29 is 22.7 Å². The summed E-state index contributed by atoms with van der Waals surface area (Å²) in [7, 11) is 1.75. The lowest BCUT2D eigenvalue weighted by Crippen LogP contribution is -2.07. The highest BCUT2D eigenvalue weighted by atomic mass is 32.1. The van der Waals surface area contributed by atoms with Gasteiger partial charge < -0.3 is 4.74 Å². The molecule has 0 bridgehead atoms. The van der Waals surface area contributed by atoms with Crippen LogP contribution in [0.1, 0.15) is 39.2 Å². The molecule has 0 spiro atoms. The van der Waals surface area contributed by atoms with E-state index in [0.717, 1.165) is 23.5 Å². The van der Waals surface area contributed by atoms with Gasteiger partial charge in [-0.1, -0.05) is 0 Å². The molecule has 0 aliphatic carbocycles. The number of aryl methyl sites for hydroxylation is 2. The molecule has 0 atom stereocenters. The summed E-state index contributed by atoms with van der Waals surface area (Å²) in [4.78, 5) is 15.9. The Morgan fingerprint density at radius 1 is 1.21 bits per heavy atom. The number of hydrogen-bond donors (Lipinski definition) is 0. The molecule has 4 rings (SSSR count). The molecule has 0 aliphatic rings. The number of nitrogens with zero attached hydrogens (tertiary/aromatic N) is 5. The molecule has 0 saturated carbocycles. The van der Waals surface area contributed by atoms with E-state index >= 15 is 0 Å². The Balaban J connectivity index is 1.59. The van der Waals surface area contributed by atoms with Crippen LogP contribution in [0.4, 0.5) is 13.2 Å². The van der Waals surface area contributed by atoms with Gasteiger partial charge in [0.1, 0.15) is 17.4 Å². The third kappa shape index (κ3) is 5.30. The molecule has 172 valence electrons. The SMILES string of the molecule is CC(=O)c1cnn(Cc2nc(-c3cc(OCc4cc(C)nn4C)cc(C(F)(F)F)c3)cs2)c1. The van der Waals surface area contributed by atoms with E-state index in [2.05, 4.69) is 15.2 Å². The molecular weight excluding hydrogens is 455 g/mol. The van der Waals surface area contributed by atoms with E-state index in [9.17, 15) is 18.0 Å². The van der Waals surface area contributed by atoms with E-state index in [1.54, 1.807) is 34.1 Å². The minimum atomic E-state index is -4.53. The van der Waals surface area contributed by atoms with Crippen molar-refractivity contribution in [2.45, 2.75) is 33.2 Å². The van der Waals surface area contributed by atoms with Gasteiger partial charge in [0.25, 0.3) is 0 Å². The monoisotopic (exact) mass is 475 g/mol. The maximum atomic E-state index is 13.5. The molecule has 3 heterocycles. The number of hydrogen-bond acceptors (Lipinski definition) is 6. The summed E-state index contributed by atoms with van der Waals surface area (Å²) in [5, 5.41) is 10.7. The third-order valence-corrected chi connectivity index (χ3v) is 5.74. The average molecular weight is 475 g/mol. The van der Waals surface area contributed by atoms with Crippen LogP contribution in [0.5, 0.6) is 5.75 Å². The molecule has 0 radical (unpaired) electrons. The van der Waals surface area contributed by atoms with Crippen LogP contribution >= 0.6 is 11.3 Å². The number of benzene rings is 1. The van der Waals surface area contributed by atoms with E-state index < -0.39 is 11.7 Å². The van der Waals surface area contributed by atoms with Crippen LogP contribution < -0.4 is 4.74 Å². The van der Waals surface area contributed by atoms with Gasteiger partial charge in [-0.05, 0) is 38.1 Å². The zero-order valence-corrected chi connectivity index (χ0v) is 18.9. The van der Waals surface area contributed by atoms with Crippen molar-refractivity contribution in [1.82, 2.24) is 24.5 Å². The van der Waals surface area contributed by atoms with Gasteiger partial charge in [0, 0.05) is 24.2 Å². The molecule has 0 aliphatic heterocycles. The summed E-state index contributed by atoms with van der Waals surface area (Å²) in [6, 6.07) is 5.39. The minimum Gasteiger partial charge on any atom is -0.487 e. The highest BCUT2D eigenvalue weighted by Gasteiger charge is 2.32. The third-order valence-electron chi connectivity index (χ3n) is 4.90. The van der Waals surface area contributed by atoms with Gasteiger partial charge in [0.15, 0.2) is 5.78 Å². The Hall–Kier alpha value is -3.47. The Bertz CT molecular complexity index is 1310. The van der Waals surface area contributed by atoms with Crippen LogP contribution in [-0.4, -0.2) is 30.3 Å². The van der Waals surface area contributed by atoms with Crippen molar-refractivity contribution in [3.8, 4) is 17.0 Å². The Labute approximate surface area is 191 Å². The molecular formula is C22H20F3N5O2S. The fourth-order valence-electron chi connectivity index (χ4n) is 3.24. The number of aromatic nitrogens is 5. The van der Waals surface area contributed by atoms with Gasteiger partial charge in [-0.15, -0.1) is 11.3 Å². The maximum absolute atomic E-state index is 13.5. The van der Waals surface area contributed by atoms with Gasteiger partial charge in [-0.25, -0.2) is 4.98 Å². The molecule has 4 aromatic rings. The predicted molar refractivity (Wildman–Crippen MR) is 116 cm³/mol. The number of rotatable bonds is 7. The molecule has 7 nitrogen and oxygen atoms in total. The summed E-state index contributed by atoms with van der Waals surface area (Å²) in [5.41, 5.74) is 1.91. The van der Waals surface area contributed by atoms with Crippen molar-refractivity contribution in [1.29, 1.82) is 0 Å². The quantitative estimate of drug-likeness (QED) is 0.356. The Kier molecular flexibility index (Phi) is 6.07. The smallest absolute Gasteiger partial charge is 0.416 e. The molecule has 33 heavy (non-hydrogen) atoms. The van der Waals surface area contributed by atoms with E-state index in [1.807, 2.05) is 13.0 Å². The van der Waals surface area contributed by atoms with Crippen LogP contribution in [0, 0.1) is 6.92 Å². The first kappa shape index (κ1) is 22.7. The fraction of sp³-hybridized carbons (Fsp3) is 0.273. The van der Waals surface area contributed by atoms with Crippen molar-refractivity contribution in [3.63, 3.8) is 0 Å². The average Bonchev–Trinajstić information content (AvgIpc) is 3.46. The molecule has 0 saturated heterocycles. The van der Waals surface area contributed by atoms with Gasteiger partial charge in [0.2, 0.25) is 0 Å². The normalized spacial score (nSPS) is 11.7. The molecule has 0 unspecified atom stereocenters. The van der Waals surface area contributed by atoms with E-state index in [4.69, 9.17) is 4.74 Å². The second kappa shape index (κ2) is 8.81. The largest absolute Gasteiger partial charge is 0.487 e. The summed E-state index contributed by atoms with van der Waals surface area (Å²) < 4.78 is 49.5. The van der Waals surface area contributed by atoms with Crippen molar-refractivity contribution in [2.24, 2.45) is 7.05 Å². The van der Waals surface area contributed by atoms with Crippen LogP contribution in [0.2, 0.25) is 0 Å². The number of ether oxygens (including phenoxy) is 1. The number of alkyl halides is 3. The van der Waals surface area contributed by atoms with Crippen LogP contribution in [0.3, 0.4) is 0 Å². The van der Waals surface area contributed by atoms with Gasteiger partial charge in [0.05, 0.1) is 41.0 Å². The number of carbonyl (C=O) groups is 1. The first-order chi connectivity index (χ1) is 15.6. The lowest BCUT2D eigenvalue weighted by atomic mass is 10.1. The summed E-state index contributed by atoms with van der Waals surface area (Å²) in [5.74, 6) is -0.00902. The van der Waals surface area contributed by atoms with Crippen LogP contribution in [0.15, 0.2) is 42.0 Å². The molecule has 3 aromatic heterocycles. The maximum Gasteiger partial charge on any atom is 0.416 e. The number of carbonyl (C=O) groups excluding carboxylic acids is 1. The zero-order valence-electron chi connectivity index (χ0n) is 18.1. The predicted octanol–water partition coefficient (Wildman–Crippen LogP) is 4.90. The lowest BCUT2D eigenvalue weighted by molar-refractivity contribution is -0.137. The topological polar surface area (TPSA) is 74.8 Å². The molecule has 1 aromatic carbocycles. The zero-order chi connectivity index (χ0) is 23.8. The van der Waals surface area contributed by atoms with Crippen molar-refractivity contribution >= 4 is 17.1 Å². The minimum absolute atomic E-state index is 0.0815. The fourth-order valence-corrected chi connectivity index (χ4v) is 4.03. The first-order valence-electron chi connectivity index (χ1n) is 9.91. The van der Waals surface area contributed by atoms with Gasteiger partial charge in [-0.2, -0.15) is 23.4 Å². The molecule has 0 fully saturated rings. The second-order valence-corrected chi connectivity index (χ2v) is 8.49. The highest BCUT2D eigenvalue weighted by molar-refractivity contribution is 7.09. The van der Waals surface area contributed by atoms with E-state index in [1.165, 1.54) is 24.5 Å². The van der Waals surface area contributed by atoms with Crippen LogP contribution in [-0.2, 0) is 26.4 Å². The Morgan fingerprint density at radius 2 is 2.00 bits per heavy atom. The molecule has 0 N–H and O–H groups in total. The lowest BCUT2D eigenvalue weighted by Gasteiger charge is -2.13. The van der Waals surface area contributed by atoms with E-state index in [0.29, 0.717) is 28.4 Å². The van der Waals surface area contributed by atoms with E-state index in [-0.39, 0.29) is 18.1 Å². The highest BCUT2D eigenvalue weighted by Crippen LogP contribution is 2.36. The standard InChI is InChI=1S/C22H20F3N5O2S/c1-13-4-18(29(3)28-13)11-32-19-6-15(5-17(7-19)22(23,24)25)20-12-33-21(27-20)10-30-9-16(8-26-30)14(2)31/h4-9,12H,10-11H2,1-3H3. The Morgan fingerprint density at radius 3 is 2.64 bits per heavy atom. The summed E-state index contributed by atoms with van der Waals surface area (Å²) in [6.45, 7) is 3.67. The molecule has 0 amide bonds. The van der Waals surface area contributed by atoms with Crippen LogP contribution in [0.25, 0.3) is 11.3 Å². The van der Waals surface area contributed by atoms with Crippen molar-refractivity contribution in [3.05, 3.63) is 69.6 Å². The molecule has 11 heteroatoms. The number of thiazole rings is 1. The first-order valence-corrected chi connectivity index (χ1v) is 10.8. The summed E-state index contributed by atoms with van der Waals surface area (Å²) >= 11 is 1.30. The van der Waals surface area contributed by atoms with Gasteiger partial charge >= 0.3 is 6.18 Å². The second-order valence-electron chi connectivity index (χ2n) is 7.54. The summed E-state index contributed by atoms with van der Waals surface area (Å²) in [6.07, 6.45) is -1.45. The van der Waals surface area contributed by atoms with Gasteiger partial charge in [-0.3, -0.25) is 14.2 Å².